The molecular formula is C20H18N2O3. The van der Waals surface area contributed by atoms with Crippen LogP contribution in [0.15, 0.2) is 60.9 Å². The Kier molecular flexibility index (Phi) is 3.90. The second-order valence-corrected chi connectivity index (χ2v) is 5.90. The van der Waals surface area contributed by atoms with Crippen molar-refractivity contribution in [2.24, 2.45) is 0 Å². The summed E-state index contributed by atoms with van der Waals surface area (Å²) in [7, 11) is 0. The molecule has 0 unspecified atom stereocenters. The Morgan fingerprint density at radius 2 is 1.64 bits per heavy atom. The van der Waals surface area contributed by atoms with Gasteiger partial charge in [-0.05, 0) is 55.0 Å². The van der Waals surface area contributed by atoms with Crippen molar-refractivity contribution in [1.29, 1.82) is 0 Å². The molecule has 3 aromatic rings. The lowest BCUT2D eigenvalue weighted by Crippen LogP contribution is -2.17. The van der Waals surface area contributed by atoms with Gasteiger partial charge in [-0.25, -0.2) is 0 Å². The number of ether oxygens (including phenoxy) is 2. The van der Waals surface area contributed by atoms with Gasteiger partial charge in [0.1, 0.15) is 13.2 Å². The molecule has 5 heteroatoms. The van der Waals surface area contributed by atoms with Crippen molar-refractivity contribution in [1.82, 2.24) is 4.57 Å². The van der Waals surface area contributed by atoms with Crippen LogP contribution in [-0.2, 0) is 0 Å². The fraction of sp³-hybridized carbons (Fsp3) is 0.150. The molecule has 0 bridgehead atoms. The summed E-state index contributed by atoms with van der Waals surface area (Å²) < 4.78 is 13.1. The number of carbonyl (C=O) groups excluding carboxylic acids is 1. The molecule has 25 heavy (non-hydrogen) atoms. The van der Waals surface area contributed by atoms with E-state index >= 15 is 0 Å². The number of amides is 1. The molecule has 1 N–H and O–H groups in total. The highest BCUT2D eigenvalue weighted by atomic mass is 16.6. The second kappa shape index (κ2) is 6.36. The highest BCUT2D eigenvalue weighted by molar-refractivity contribution is 6.04. The molecule has 1 aromatic heterocycles. The minimum absolute atomic E-state index is 0.154. The van der Waals surface area contributed by atoms with E-state index in [2.05, 4.69) is 5.32 Å². The summed E-state index contributed by atoms with van der Waals surface area (Å²) in [5.41, 5.74) is 3.27. The summed E-state index contributed by atoms with van der Waals surface area (Å²) in [5, 5.41) is 2.95. The summed E-state index contributed by atoms with van der Waals surface area (Å²) in [4.78, 5) is 12.5. The molecule has 2 aromatic carbocycles. The number of aromatic nitrogens is 1. The lowest BCUT2D eigenvalue weighted by atomic mass is 10.1. The van der Waals surface area contributed by atoms with Crippen LogP contribution in [0.4, 0.5) is 5.69 Å². The fourth-order valence-corrected chi connectivity index (χ4v) is 2.81. The topological polar surface area (TPSA) is 52.5 Å². The number of rotatable bonds is 3. The van der Waals surface area contributed by atoms with Crippen LogP contribution in [-0.4, -0.2) is 23.7 Å². The summed E-state index contributed by atoms with van der Waals surface area (Å²) in [5.74, 6) is 1.23. The van der Waals surface area contributed by atoms with Gasteiger partial charge in [-0.2, -0.15) is 0 Å². The van der Waals surface area contributed by atoms with Crippen LogP contribution < -0.4 is 14.8 Å². The van der Waals surface area contributed by atoms with E-state index < -0.39 is 0 Å². The number of nitrogens with one attached hydrogen (secondary N) is 1. The molecule has 0 radical (unpaired) electrons. The monoisotopic (exact) mass is 334 g/mol. The van der Waals surface area contributed by atoms with Crippen molar-refractivity contribution >= 4 is 11.6 Å². The van der Waals surface area contributed by atoms with Gasteiger partial charge in [0.05, 0.1) is 0 Å². The van der Waals surface area contributed by atoms with Crippen LogP contribution in [0.3, 0.4) is 0 Å². The van der Waals surface area contributed by atoms with E-state index in [0.29, 0.717) is 24.5 Å². The van der Waals surface area contributed by atoms with Crippen LogP contribution in [0.2, 0.25) is 0 Å². The Balaban J connectivity index is 1.54. The lowest BCUT2D eigenvalue weighted by Gasteiger charge is -2.20. The largest absolute Gasteiger partial charge is 0.486 e. The van der Waals surface area contributed by atoms with Crippen LogP contribution in [0, 0.1) is 6.92 Å². The van der Waals surface area contributed by atoms with Gasteiger partial charge in [0, 0.05) is 35.4 Å². The van der Waals surface area contributed by atoms with Gasteiger partial charge in [0.15, 0.2) is 11.5 Å². The smallest absolute Gasteiger partial charge is 0.255 e. The van der Waals surface area contributed by atoms with E-state index in [4.69, 9.17) is 9.47 Å². The van der Waals surface area contributed by atoms with Crippen molar-refractivity contribution in [2.75, 3.05) is 18.5 Å². The first-order valence-electron chi connectivity index (χ1n) is 8.16. The lowest BCUT2D eigenvalue weighted by molar-refractivity contribution is 0.102. The molecule has 0 atom stereocenters. The van der Waals surface area contributed by atoms with Crippen LogP contribution in [0.25, 0.3) is 5.69 Å². The van der Waals surface area contributed by atoms with Gasteiger partial charge in [0.2, 0.25) is 0 Å². The zero-order valence-corrected chi connectivity index (χ0v) is 13.9. The van der Waals surface area contributed by atoms with Crippen LogP contribution >= 0.6 is 0 Å². The van der Waals surface area contributed by atoms with Gasteiger partial charge >= 0.3 is 0 Å². The Labute approximate surface area is 145 Å². The minimum Gasteiger partial charge on any atom is -0.486 e. The Morgan fingerprint density at radius 1 is 1.00 bits per heavy atom. The fourth-order valence-electron chi connectivity index (χ4n) is 2.81. The van der Waals surface area contributed by atoms with E-state index in [-0.39, 0.29) is 5.91 Å². The maximum absolute atomic E-state index is 12.5. The number of anilines is 1. The third-order valence-corrected chi connectivity index (χ3v) is 4.17. The second-order valence-electron chi connectivity index (χ2n) is 5.90. The molecule has 2 heterocycles. The predicted octanol–water partition coefficient (Wildman–Crippen LogP) is 3.81. The predicted molar refractivity (Wildman–Crippen MR) is 95.9 cm³/mol. The summed E-state index contributed by atoms with van der Waals surface area (Å²) in [6.45, 7) is 3.00. The maximum Gasteiger partial charge on any atom is 0.255 e. The molecule has 126 valence electrons. The molecule has 5 nitrogen and oxygen atoms in total. The number of nitrogens with zero attached hydrogens (tertiary/aromatic N) is 1. The van der Waals surface area contributed by atoms with Gasteiger partial charge in [-0.3, -0.25) is 4.79 Å². The van der Waals surface area contributed by atoms with Gasteiger partial charge in [-0.1, -0.05) is 0 Å². The number of benzene rings is 2. The van der Waals surface area contributed by atoms with E-state index in [1.807, 2.05) is 72.4 Å². The zero-order valence-electron chi connectivity index (χ0n) is 13.9. The maximum atomic E-state index is 12.5. The first kappa shape index (κ1) is 15.3. The van der Waals surface area contributed by atoms with Crippen LogP contribution in [0.1, 0.15) is 15.9 Å². The molecular weight excluding hydrogens is 316 g/mol. The van der Waals surface area contributed by atoms with Crippen molar-refractivity contribution < 1.29 is 14.3 Å². The van der Waals surface area contributed by atoms with Gasteiger partial charge in [0.25, 0.3) is 5.91 Å². The van der Waals surface area contributed by atoms with E-state index in [1.54, 1.807) is 0 Å². The summed E-state index contributed by atoms with van der Waals surface area (Å²) >= 11 is 0. The van der Waals surface area contributed by atoms with Crippen molar-refractivity contribution in [2.45, 2.75) is 6.92 Å². The summed E-state index contributed by atoms with van der Waals surface area (Å²) in [6.07, 6.45) is 3.93. The van der Waals surface area contributed by atoms with E-state index in [9.17, 15) is 4.79 Å². The third-order valence-electron chi connectivity index (χ3n) is 4.17. The average Bonchev–Trinajstić information content (AvgIpc) is 3.17. The Morgan fingerprint density at radius 3 is 2.32 bits per heavy atom. The molecule has 1 aliphatic rings. The summed E-state index contributed by atoms with van der Waals surface area (Å²) in [6, 6.07) is 15.1. The quantitative estimate of drug-likeness (QED) is 0.792. The number of fused-ring (bicyclic) bond motifs is 1. The molecule has 0 spiro atoms. The number of aryl methyl sites for hydroxylation is 1. The molecule has 0 aliphatic carbocycles. The van der Waals surface area contributed by atoms with E-state index in [0.717, 1.165) is 22.7 Å². The van der Waals surface area contributed by atoms with Gasteiger partial charge in [-0.15, -0.1) is 0 Å². The number of carbonyl (C=O) groups is 1. The first-order valence-corrected chi connectivity index (χ1v) is 8.16. The molecule has 0 saturated carbocycles. The van der Waals surface area contributed by atoms with Crippen LogP contribution in [0.5, 0.6) is 11.5 Å². The third kappa shape index (κ3) is 3.08. The molecule has 0 saturated heterocycles. The Bertz CT molecular complexity index is 899. The molecule has 0 fully saturated rings. The standard InChI is InChI=1S/C20H18N2O3/c1-14-12-18-19(25-11-10-24-18)13-17(14)21-20(23)15-4-6-16(7-5-15)22-8-2-3-9-22/h2-9,12-13H,10-11H2,1H3,(H,21,23). The molecule has 1 aliphatic heterocycles. The normalized spacial score (nSPS) is 12.7. The van der Waals surface area contributed by atoms with E-state index in [1.165, 1.54) is 0 Å². The highest BCUT2D eigenvalue weighted by Crippen LogP contribution is 2.35. The van der Waals surface area contributed by atoms with Crippen molar-refractivity contribution in [3.8, 4) is 17.2 Å². The first-order chi connectivity index (χ1) is 12.2. The Hall–Kier alpha value is -3.21. The highest BCUT2D eigenvalue weighted by Gasteiger charge is 2.16. The average molecular weight is 334 g/mol. The van der Waals surface area contributed by atoms with Crippen molar-refractivity contribution in [3.63, 3.8) is 0 Å². The molecule has 4 rings (SSSR count). The zero-order chi connectivity index (χ0) is 17.2. The SMILES string of the molecule is Cc1cc2c(cc1NC(=O)c1ccc(-n3cccc3)cc1)OCCO2. The number of hydrogen-bond donors (Lipinski definition) is 1. The molecule has 1 amide bonds. The van der Waals surface area contributed by atoms with Gasteiger partial charge < -0.3 is 19.4 Å². The van der Waals surface area contributed by atoms with Crippen molar-refractivity contribution in [3.05, 3.63) is 72.1 Å². The number of hydrogen-bond acceptors (Lipinski definition) is 3. The minimum atomic E-state index is -0.154.